The fourth-order valence-corrected chi connectivity index (χ4v) is 1.76. The van der Waals surface area contributed by atoms with Gasteiger partial charge in [0.05, 0.1) is 6.42 Å². The first kappa shape index (κ1) is 11.6. The Morgan fingerprint density at radius 1 is 1.27 bits per heavy atom. The molecule has 0 amide bonds. The molecule has 0 fully saturated rings. The number of rotatable bonds is 3. The molecule has 0 aliphatic heterocycles. The van der Waals surface area contributed by atoms with Crippen molar-refractivity contribution in [3.05, 3.63) is 28.6 Å². The maximum atomic E-state index is 11.7. The van der Waals surface area contributed by atoms with Crippen LogP contribution in [0.5, 0.6) is 0 Å². The van der Waals surface area contributed by atoms with Crippen LogP contribution < -0.4 is 0 Å². The Labute approximate surface area is 89.5 Å². The molecule has 0 bridgehead atoms. The lowest BCUT2D eigenvalue weighted by atomic mass is 9.99. The second-order valence-corrected chi connectivity index (χ2v) is 3.84. The average Bonchev–Trinajstić information content (AvgIpc) is 1.99. The molecule has 0 spiro atoms. The summed E-state index contributed by atoms with van der Waals surface area (Å²) >= 11 is 0. The van der Waals surface area contributed by atoms with Crippen molar-refractivity contribution in [3.8, 4) is 0 Å². The van der Waals surface area contributed by atoms with Gasteiger partial charge in [-0.05, 0) is 39.3 Å². The molecule has 1 heterocycles. The summed E-state index contributed by atoms with van der Waals surface area (Å²) in [4.78, 5) is 26.9. The number of aromatic nitrogens is 1. The van der Waals surface area contributed by atoms with Gasteiger partial charge in [-0.1, -0.05) is 0 Å². The molecule has 80 valence electrons. The molecule has 3 nitrogen and oxygen atoms in total. The standard InChI is InChI=1S/C12H15NO2/c1-7-5-8(2)13-10(4)12(7)11(15)6-9(3)14/h5H,6H2,1-4H3. The van der Waals surface area contributed by atoms with Gasteiger partial charge in [-0.15, -0.1) is 0 Å². The first-order valence-electron chi connectivity index (χ1n) is 4.89. The maximum absolute atomic E-state index is 11.7. The molecule has 0 aromatic carbocycles. The number of hydrogen-bond donors (Lipinski definition) is 0. The van der Waals surface area contributed by atoms with E-state index >= 15 is 0 Å². The van der Waals surface area contributed by atoms with Gasteiger partial charge in [0.15, 0.2) is 5.78 Å². The van der Waals surface area contributed by atoms with Crippen molar-refractivity contribution < 1.29 is 9.59 Å². The van der Waals surface area contributed by atoms with Gasteiger partial charge in [0.25, 0.3) is 0 Å². The molecule has 1 rings (SSSR count). The number of carbonyl (C=O) groups is 2. The van der Waals surface area contributed by atoms with E-state index in [-0.39, 0.29) is 18.0 Å². The van der Waals surface area contributed by atoms with Gasteiger partial charge in [-0.2, -0.15) is 0 Å². The predicted molar refractivity (Wildman–Crippen MR) is 58.1 cm³/mol. The van der Waals surface area contributed by atoms with E-state index in [1.165, 1.54) is 6.92 Å². The van der Waals surface area contributed by atoms with Gasteiger partial charge >= 0.3 is 0 Å². The zero-order chi connectivity index (χ0) is 11.6. The molecule has 1 aromatic rings. The first-order valence-corrected chi connectivity index (χ1v) is 4.89. The van der Waals surface area contributed by atoms with Gasteiger partial charge in [0.1, 0.15) is 5.78 Å². The van der Waals surface area contributed by atoms with Gasteiger partial charge in [-0.25, -0.2) is 0 Å². The van der Waals surface area contributed by atoms with Gasteiger partial charge < -0.3 is 0 Å². The molecule has 0 aliphatic rings. The van der Waals surface area contributed by atoms with Crippen molar-refractivity contribution in [2.24, 2.45) is 0 Å². The highest BCUT2D eigenvalue weighted by Crippen LogP contribution is 2.15. The van der Waals surface area contributed by atoms with E-state index in [1.54, 1.807) is 6.92 Å². The fraction of sp³-hybridized carbons (Fsp3) is 0.417. The predicted octanol–water partition coefficient (Wildman–Crippen LogP) is 2.17. The summed E-state index contributed by atoms with van der Waals surface area (Å²) in [7, 11) is 0. The lowest BCUT2D eigenvalue weighted by molar-refractivity contribution is -0.116. The minimum absolute atomic E-state index is 0.0353. The minimum atomic E-state index is -0.134. The molecule has 15 heavy (non-hydrogen) atoms. The minimum Gasteiger partial charge on any atom is -0.300 e. The molecule has 0 saturated heterocycles. The van der Waals surface area contributed by atoms with Gasteiger partial charge in [0.2, 0.25) is 0 Å². The highest BCUT2D eigenvalue weighted by Gasteiger charge is 2.15. The second-order valence-electron chi connectivity index (χ2n) is 3.84. The Kier molecular flexibility index (Phi) is 3.35. The molecule has 3 heteroatoms. The number of carbonyl (C=O) groups excluding carboxylic acids is 2. The third-order valence-electron chi connectivity index (χ3n) is 2.21. The molecule has 0 unspecified atom stereocenters. The number of ketones is 2. The second kappa shape index (κ2) is 4.34. The topological polar surface area (TPSA) is 47.0 Å². The van der Waals surface area contributed by atoms with Crippen LogP contribution in [0.1, 0.15) is 40.7 Å². The summed E-state index contributed by atoms with van der Waals surface area (Å²) in [5.41, 5.74) is 3.09. The van der Waals surface area contributed by atoms with Crippen LogP contribution in [0.15, 0.2) is 6.07 Å². The van der Waals surface area contributed by atoms with Gasteiger partial charge in [0, 0.05) is 17.0 Å². The maximum Gasteiger partial charge on any atom is 0.172 e. The lowest BCUT2D eigenvalue weighted by Gasteiger charge is -2.08. The third kappa shape index (κ3) is 2.72. The fourth-order valence-electron chi connectivity index (χ4n) is 1.76. The van der Waals surface area contributed by atoms with E-state index in [0.29, 0.717) is 11.3 Å². The Morgan fingerprint density at radius 3 is 2.33 bits per heavy atom. The largest absolute Gasteiger partial charge is 0.300 e. The smallest absolute Gasteiger partial charge is 0.172 e. The van der Waals surface area contributed by atoms with E-state index < -0.39 is 0 Å². The van der Waals surface area contributed by atoms with E-state index in [1.807, 2.05) is 19.9 Å². The van der Waals surface area contributed by atoms with Gasteiger partial charge in [-0.3, -0.25) is 14.6 Å². The lowest BCUT2D eigenvalue weighted by Crippen LogP contribution is -2.10. The molecule has 0 saturated carbocycles. The number of nitrogens with zero attached hydrogens (tertiary/aromatic N) is 1. The van der Waals surface area contributed by atoms with Crippen molar-refractivity contribution in [3.63, 3.8) is 0 Å². The summed E-state index contributed by atoms with van der Waals surface area (Å²) in [5, 5.41) is 0. The number of aryl methyl sites for hydroxylation is 3. The van der Waals surface area contributed by atoms with Crippen LogP contribution >= 0.6 is 0 Å². The summed E-state index contributed by atoms with van der Waals surface area (Å²) in [5.74, 6) is -0.246. The summed E-state index contributed by atoms with van der Waals surface area (Å²) in [6, 6.07) is 1.86. The molecule has 0 radical (unpaired) electrons. The number of hydrogen-bond acceptors (Lipinski definition) is 3. The number of Topliss-reactive ketones (excluding diaryl/α,β-unsaturated/α-hetero) is 2. The van der Waals surface area contributed by atoms with Crippen LogP contribution in [0.3, 0.4) is 0 Å². The first-order chi connectivity index (χ1) is 6.91. The molecular formula is C12H15NO2. The molecular weight excluding hydrogens is 190 g/mol. The quantitative estimate of drug-likeness (QED) is 0.561. The van der Waals surface area contributed by atoms with Crippen LogP contribution in [-0.2, 0) is 4.79 Å². The van der Waals surface area contributed by atoms with E-state index in [2.05, 4.69) is 4.98 Å². The summed E-state index contributed by atoms with van der Waals surface area (Å²) in [6.07, 6.45) is -0.0353. The van der Waals surface area contributed by atoms with Crippen molar-refractivity contribution in [2.45, 2.75) is 34.1 Å². The zero-order valence-electron chi connectivity index (χ0n) is 9.55. The Morgan fingerprint density at radius 2 is 1.87 bits per heavy atom. The Hall–Kier alpha value is -1.51. The molecule has 0 N–H and O–H groups in total. The molecule has 1 aromatic heterocycles. The highest BCUT2D eigenvalue weighted by molar-refractivity contribution is 6.08. The Balaban J connectivity index is 3.14. The normalized spacial score (nSPS) is 10.1. The number of pyridine rings is 1. The summed E-state index contributed by atoms with van der Waals surface area (Å²) < 4.78 is 0. The van der Waals surface area contributed by atoms with Crippen LogP contribution in [0.4, 0.5) is 0 Å². The van der Waals surface area contributed by atoms with Crippen LogP contribution in [0.2, 0.25) is 0 Å². The molecule has 0 atom stereocenters. The van der Waals surface area contributed by atoms with Crippen LogP contribution in [0, 0.1) is 20.8 Å². The zero-order valence-corrected chi connectivity index (χ0v) is 9.55. The highest BCUT2D eigenvalue weighted by atomic mass is 16.1. The van der Waals surface area contributed by atoms with Crippen molar-refractivity contribution >= 4 is 11.6 Å². The van der Waals surface area contributed by atoms with Crippen LogP contribution in [-0.4, -0.2) is 16.6 Å². The monoisotopic (exact) mass is 205 g/mol. The Bertz CT molecular complexity index is 399. The van der Waals surface area contributed by atoms with Crippen molar-refractivity contribution in [2.75, 3.05) is 0 Å². The summed E-state index contributed by atoms with van der Waals surface area (Å²) in [6.45, 7) is 6.98. The average molecular weight is 205 g/mol. The van der Waals surface area contributed by atoms with Crippen molar-refractivity contribution in [1.82, 2.24) is 4.98 Å². The SMILES string of the molecule is CC(=O)CC(=O)c1c(C)cc(C)nc1C. The van der Waals surface area contributed by atoms with E-state index in [0.717, 1.165) is 11.3 Å². The molecule has 0 aliphatic carbocycles. The van der Waals surface area contributed by atoms with E-state index in [9.17, 15) is 9.59 Å². The van der Waals surface area contributed by atoms with Crippen LogP contribution in [0.25, 0.3) is 0 Å². The third-order valence-corrected chi connectivity index (χ3v) is 2.21. The van der Waals surface area contributed by atoms with Crippen molar-refractivity contribution in [1.29, 1.82) is 0 Å². The van der Waals surface area contributed by atoms with E-state index in [4.69, 9.17) is 0 Å².